The summed E-state index contributed by atoms with van der Waals surface area (Å²) < 4.78 is 22.6. The van der Waals surface area contributed by atoms with E-state index in [9.17, 15) is 9.59 Å². The van der Waals surface area contributed by atoms with Crippen LogP contribution in [0.4, 0.5) is 0 Å². The van der Waals surface area contributed by atoms with E-state index in [1.54, 1.807) is 35.2 Å². The topological polar surface area (TPSA) is 78.2 Å². The number of carbonyl (C=O) groups excluding carboxylic acids is 1. The summed E-state index contributed by atoms with van der Waals surface area (Å²) in [4.78, 5) is 29.1. The summed E-state index contributed by atoms with van der Waals surface area (Å²) in [5, 5.41) is 0.723. The third-order valence-corrected chi connectivity index (χ3v) is 6.65. The normalized spacial score (nSPS) is 14.7. The molecule has 0 bridgehead atoms. The van der Waals surface area contributed by atoms with Crippen molar-refractivity contribution in [3.8, 4) is 17.2 Å². The van der Waals surface area contributed by atoms with Crippen molar-refractivity contribution in [2.24, 2.45) is 0 Å². The smallest absolute Gasteiger partial charge is 0.290 e. The van der Waals surface area contributed by atoms with E-state index in [1.165, 1.54) is 21.3 Å². The molecule has 0 radical (unpaired) electrons. The van der Waals surface area contributed by atoms with E-state index in [1.807, 2.05) is 30.3 Å². The lowest BCUT2D eigenvalue weighted by Crippen LogP contribution is -2.31. The van der Waals surface area contributed by atoms with Crippen molar-refractivity contribution in [1.29, 1.82) is 0 Å². The molecule has 36 heavy (non-hydrogen) atoms. The summed E-state index contributed by atoms with van der Waals surface area (Å²) >= 11 is 6.18. The molecule has 0 saturated heterocycles. The highest BCUT2D eigenvalue weighted by Gasteiger charge is 2.43. The molecule has 0 N–H and O–H groups in total. The Kier molecular flexibility index (Phi) is 6.33. The first-order valence-electron chi connectivity index (χ1n) is 11.4. The van der Waals surface area contributed by atoms with Gasteiger partial charge in [-0.2, -0.15) is 0 Å². The van der Waals surface area contributed by atoms with Crippen LogP contribution < -0.4 is 19.6 Å². The Morgan fingerprint density at radius 3 is 2.25 bits per heavy atom. The van der Waals surface area contributed by atoms with Gasteiger partial charge in [-0.15, -0.1) is 0 Å². The van der Waals surface area contributed by atoms with Gasteiger partial charge in [0.15, 0.2) is 16.9 Å². The Morgan fingerprint density at radius 2 is 1.61 bits per heavy atom. The number of ether oxygens (including phenoxy) is 3. The number of carbonyl (C=O) groups is 1. The van der Waals surface area contributed by atoms with E-state index < -0.39 is 6.04 Å². The Labute approximate surface area is 212 Å². The zero-order valence-electron chi connectivity index (χ0n) is 20.0. The number of nitrogens with zero attached hydrogens (tertiary/aromatic N) is 1. The molecule has 0 spiro atoms. The fourth-order valence-electron chi connectivity index (χ4n) is 4.72. The van der Waals surface area contributed by atoms with Crippen molar-refractivity contribution in [2.75, 3.05) is 27.9 Å². The zero-order chi connectivity index (χ0) is 25.4. The van der Waals surface area contributed by atoms with Gasteiger partial charge in [0.05, 0.1) is 38.3 Å². The molecule has 0 saturated carbocycles. The molecule has 8 heteroatoms. The van der Waals surface area contributed by atoms with Crippen molar-refractivity contribution >= 4 is 28.5 Å². The van der Waals surface area contributed by atoms with Gasteiger partial charge in [0.2, 0.25) is 11.5 Å². The first kappa shape index (κ1) is 23.8. The highest BCUT2D eigenvalue weighted by Crippen LogP contribution is 2.45. The Morgan fingerprint density at radius 1 is 0.917 bits per heavy atom. The van der Waals surface area contributed by atoms with Crippen LogP contribution in [0.25, 0.3) is 11.0 Å². The standard InChI is InChI=1S/C28H24ClNO6/c1-33-21-13-17(14-22(34-2)26(21)35-3)24-23-25(31)19-15-18(29)9-10-20(19)36-27(23)28(32)30(24)12-11-16-7-5-4-6-8-16/h4-10,13-15,24H,11-12H2,1-3H3. The molecule has 1 unspecified atom stereocenters. The average Bonchev–Trinajstić information content (AvgIpc) is 3.19. The highest BCUT2D eigenvalue weighted by molar-refractivity contribution is 6.31. The van der Waals surface area contributed by atoms with Gasteiger partial charge in [-0.25, -0.2) is 0 Å². The second kappa shape index (κ2) is 9.59. The highest BCUT2D eigenvalue weighted by atomic mass is 35.5. The van der Waals surface area contributed by atoms with E-state index >= 15 is 0 Å². The van der Waals surface area contributed by atoms with Gasteiger partial charge in [0.25, 0.3) is 5.91 Å². The molecule has 1 aliphatic heterocycles. The maximum absolute atomic E-state index is 13.8. The third-order valence-electron chi connectivity index (χ3n) is 6.41. The van der Waals surface area contributed by atoms with Gasteiger partial charge in [-0.1, -0.05) is 41.9 Å². The van der Waals surface area contributed by atoms with Gasteiger partial charge in [-0.3, -0.25) is 9.59 Å². The second-order valence-electron chi connectivity index (χ2n) is 8.41. The fraction of sp³-hybridized carbons (Fsp3) is 0.214. The lowest BCUT2D eigenvalue weighted by Gasteiger charge is -2.26. The van der Waals surface area contributed by atoms with Crippen LogP contribution in [-0.2, 0) is 6.42 Å². The van der Waals surface area contributed by atoms with E-state index in [0.717, 1.165) is 5.56 Å². The molecule has 7 nitrogen and oxygen atoms in total. The molecule has 1 atom stereocenters. The number of hydrogen-bond acceptors (Lipinski definition) is 6. The number of hydrogen-bond donors (Lipinski definition) is 0. The van der Waals surface area contributed by atoms with Gasteiger partial charge >= 0.3 is 0 Å². The Bertz CT molecular complexity index is 1490. The van der Waals surface area contributed by atoms with Crippen molar-refractivity contribution in [1.82, 2.24) is 4.90 Å². The lowest BCUT2D eigenvalue weighted by atomic mass is 9.97. The molecule has 2 heterocycles. The van der Waals surface area contributed by atoms with Crippen LogP contribution in [0.1, 0.15) is 33.3 Å². The summed E-state index contributed by atoms with van der Waals surface area (Å²) in [7, 11) is 4.56. The zero-order valence-corrected chi connectivity index (χ0v) is 20.8. The molecule has 0 aliphatic carbocycles. The SMILES string of the molecule is COc1cc(C2c3c(oc4ccc(Cl)cc4c3=O)C(=O)N2CCc2ccccc2)cc(OC)c1OC. The van der Waals surface area contributed by atoms with Gasteiger partial charge < -0.3 is 23.5 Å². The van der Waals surface area contributed by atoms with E-state index in [0.29, 0.717) is 51.8 Å². The van der Waals surface area contributed by atoms with E-state index in [4.69, 9.17) is 30.2 Å². The van der Waals surface area contributed by atoms with Crippen molar-refractivity contribution < 1.29 is 23.4 Å². The second-order valence-corrected chi connectivity index (χ2v) is 8.85. The predicted octanol–water partition coefficient (Wildman–Crippen LogP) is 5.26. The van der Waals surface area contributed by atoms with Crippen LogP contribution in [0.2, 0.25) is 5.02 Å². The molecule has 3 aromatic carbocycles. The fourth-order valence-corrected chi connectivity index (χ4v) is 4.90. The largest absolute Gasteiger partial charge is 0.493 e. The Hall–Kier alpha value is -3.97. The minimum atomic E-state index is -0.718. The first-order valence-corrected chi connectivity index (χ1v) is 11.8. The number of methoxy groups -OCH3 is 3. The van der Waals surface area contributed by atoms with Crippen LogP contribution in [0, 0.1) is 0 Å². The number of fused-ring (bicyclic) bond motifs is 2. The minimum absolute atomic E-state index is 0.0293. The summed E-state index contributed by atoms with van der Waals surface area (Å²) in [6.07, 6.45) is 0.598. The predicted molar refractivity (Wildman–Crippen MR) is 137 cm³/mol. The van der Waals surface area contributed by atoms with Crippen LogP contribution in [-0.4, -0.2) is 38.7 Å². The van der Waals surface area contributed by atoms with Gasteiger partial charge in [0.1, 0.15) is 5.58 Å². The molecule has 1 aromatic heterocycles. The summed E-state index contributed by atoms with van der Waals surface area (Å²) in [5.41, 5.74) is 1.98. The van der Waals surface area contributed by atoms with Gasteiger partial charge in [-0.05, 0) is 47.9 Å². The quantitative estimate of drug-likeness (QED) is 0.341. The van der Waals surface area contributed by atoms with Crippen LogP contribution in [0.3, 0.4) is 0 Å². The monoisotopic (exact) mass is 505 g/mol. The summed E-state index contributed by atoms with van der Waals surface area (Å²) in [6, 6.07) is 17.4. The minimum Gasteiger partial charge on any atom is -0.493 e. The molecule has 1 amide bonds. The summed E-state index contributed by atoms with van der Waals surface area (Å²) in [6.45, 7) is 0.366. The Balaban J connectivity index is 1.71. The van der Waals surface area contributed by atoms with Gasteiger partial charge in [0, 0.05) is 11.6 Å². The van der Waals surface area contributed by atoms with E-state index in [2.05, 4.69) is 0 Å². The number of benzene rings is 3. The maximum atomic E-state index is 13.8. The molecule has 4 aromatic rings. The van der Waals surface area contributed by atoms with Crippen molar-refractivity contribution in [3.63, 3.8) is 0 Å². The summed E-state index contributed by atoms with van der Waals surface area (Å²) in [5.74, 6) is 0.935. The maximum Gasteiger partial charge on any atom is 0.290 e. The number of halogens is 1. The molecule has 1 aliphatic rings. The molecule has 0 fully saturated rings. The lowest BCUT2D eigenvalue weighted by molar-refractivity contribution is 0.0729. The van der Waals surface area contributed by atoms with Crippen LogP contribution >= 0.6 is 11.6 Å². The number of rotatable bonds is 7. The molecule has 184 valence electrons. The van der Waals surface area contributed by atoms with Crippen LogP contribution in [0.5, 0.6) is 17.2 Å². The first-order chi connectivity index (χ1) is 17.5. The molecule has 5 rings (SSSR count). The molecular weight excluding hydrogens is 482 g/mol. The van der Waals surface area contributed by atoms with Crippen molar-refractivity contribution in [3.05, 3.63) is 98.4 Å². The van der Waals surface area contributed by atoms with Crippen molar-refractivity contribution in [2.45, 2.75) is 12.5 Å². The van der Waals surface area contributed by atoms with Crippen LogP contribution in [0.15, 0.2) is 69.9 Å². The van der Waals surface area contributed by atoms with E-state index in [-0.39, 0.29) is 22.7 Å². The third kappa shape index (κ3) is 3.95. The molecular formula is C28H24ClNO6. The number of amides is 1. The average molecular weight is 506 g/mol.